The summed E-state index contributed by atoms with van der Waals surface area (Å²) in [5.41, 5.74) is 5.57. The van der Waals surface area contributed by atoms with Crippen molar-refractivity contribution >= 4 is 12.2 Å². The fourth-order valence-corrected chi connectivity index (χ4v) is 2.84. The Hall–Kier alpha value is -1.68. The summed E-state index contributed by atoms with van der Waals surface area (Å²) < 4.78 is 6.04. The first-order valence-electron chi connectivity index (χ1n) is 6.69. The normalized spacial score (nSPS) is 10.9. The summed E-state index contributed by atoms with van der Waals surface area (Å²) in [4.78, 5) is 7.47. The molecule has 4 heteroatoms. The van der Waals surface area contributed by atoms with Gasteiger partial charge >= 0.3 is 0 Å². The molecule has 0 amide bonds. The Morgan fingerprint density at radius 3 is 2.50 bits per heavy atom. The minimum atomic E-state index is 0.323. The van der Waals surface area contributed by atoms with Crippen LogP contribution in [0.15, 0.2) is 18.5 Å². The van der Waals surface area contributed by atoms with E-state index in [4.69, 9.17) is 17.0 Å². The molecule has 0 radical (unpaired) electrons. The molecule has 0 saturated carbocycles. The van der Waals surface area contributed by atoms with Crippen molar-refractivity contribution in [3.05, 3.63) is 39.8 Å². The highest BCUT2D eigenvalue weighted by molar-refractivity contribution is 7.71. The largest absolute Gasteiger partial charge is 0.496 e. The maximum absolute atomic E-state index is 5.38. The number of methoxy groups -OCH3 is 1. The highest BCUT2D eigenvalue weighted by Gasteiger charge is 2.15. The van der Waals surface area contributed by atoms with Crippen LogP contribution in [-0.4, -0.2) is 17.1 Å². The molecule has 0 aliphatic carbocycles. The maximum atomic E-state index is 5.38. The van der Waals surface area contributed by atoms with Crippen LogP contribution in [0.5, 0.6) is 5.75 Å². The molecule has 0 aliphatic heterocycles. The lowest BCUT2D eigenvalue weighted by atomic mass is 9.94. The van der Waals surface area contributed by atoms with Crippen molar-refractivity contribution in [3.63, 3.8) is 0 Å². The molecule has 2 aromatic rings. The van der Waals surface area contributed by atoms with Gasteiger partial charge in [0.15, 0.2) is 0 Å². The molecule has 3 nitrogen and oxygen atoms in total. The number of rotatable bonds is 3. The molecule has 0 aliphatic rings. The zero-order valence-electron chi connectivity index (χ0n) is 12.6. The summed E-state index contributed by atoms with van der Waals surface area (Å²) in [6, 6.07) is 4.20. The van der Waals surface area contributed by atoms with Crippen molar-refractivity contribution in [3.8, 4) is 17.0 Å². The van der Waals surface area contributed by atoms with Gasteiger partial charge in [-0.15, -0.1) is 0 Å². The number of H-pyrrole nitrogens is 1. The fourth-order valence-electron chi connectivity index (χ4n) is 2.45. The zero-order chi connectivity index (χ0) is 14.9. The molecular formula is C16H20N2OS. The predicted molar refractivity (Wildman–Crippen MR) is 85.0 cm³/mol. The van der Waals surface area contributed by atoms with E-state index in [2.05, 4.69) is 42.9 Å². The summed E-state index contributed by atoms with van der Waals surface area (Å²) in [7, 11) is 1.70. The first-order valence-corrected chi connectivity index (χ1v) is 7.09. The minimum Gasteiger partial charge on any atom is -0.496 e. The minimum absolute atomic E-state index is 0.323. The number of aromatic nitrogens is 2. The lowest BCUT2D eigenvalue weighted by Gasteiger charge is -2.16. The summed E-state index contributed by atoms with van der Waals surface area (Å²) in [6.07, 6.45) is 1.67. The van der Waals surface area contributed by atoms with Gasteiger partial charge in [-0.25, -0.2) is 4.98 Å². The van der Waals surface area contributed by atoms with E-state index < -0.39 is 0 Å². The van der Waals surface area contributed by atoms with Crippen molar-refractivity contribution in [2.24, 2.45) is 0 Å². The first-order chi connectivity index (χ1) is 9.45. The van der Waals surface area contributed by atoms with E-state index in [0.29, 0.717) is 10.6 Å². The van der Waals surface area contributed by atoms with Crippen LogP contribution >= 0.6 is 12.2 Å². The van der Waals surface area contributed by atoms with Crippen molar-refractivity contribution in [1.82, 2.24) is 9.97 Å². The van der Waals surface area contributed by atoms with E-state index in [9.17, 15) is 0 Å². The second-order valence-corrected chi connectivity index (χ2v) is 5.67. The highest BCUT2D eigenvalue weighted by atomic mass is 32.1. The van der Waals surface area contributed by atoms with Crippen LogP contribution in [0.1, 0.15) is 36.5 Å². The Labute approximate surface area is 125 Å². The molecule has 1 heterocycles. The van der Waals surface area contributed by atoms with Crippen LogP contribution in [-0.2, 0) is 0 Å². The number of aryl methyl sites for hydroxylation is 2. The van der Waals surface area contributed by atoms with Crippen molar-refractivity contribution in [2.45, 2.75) is 33.6 Å². The average molecular weight is 288 g/mol. The monoisotopic (exact) mass is 288 g/mol. The molecule has 0 fully saturated rings. The Bertz CT molecular complexity index is 689. The van der Waals surface area contributed by atoms with E-state index in [1.165, 1.54) is 0 Å². The third-order valence-electron chi connectivity index (χ3n) is 3.48. The number of ether oxygens (including phenoxy) is 1. The van der Waals surface area contributed by atoms with Gasteiger partial charge in [0.25, 0.3) is 0 Å². The Kier molecular flexibility index (Phi) is 4.23. The van der Waals surface area contributed by atoms with Crippen LogP contribution in [0.25, 0.3) is 11.3 Å². The molecule has 0 spiro atoms. The van der Waals surface area contributed by atoms with Gasteiger partial charge in [-0.2, -0.15) is 0 Å². The Morgan fingerprint density at radius 1 is 1.20 bits per heavy atom. The van der Waals surface area contributed by atoms with Gasteiger partial charge in [-0.1, -0.05) is 26.1 Å². The number of nitrogens with zero attached hydrogens (tertiary/aromatic N) is 1. The fraction of sp³-hybridized carbons (Fsp3) is 0.375. The molecular weight excluding hydrogens is 268 g/mol. The summed E-state index contributed by atoms with van der Waals surface area (Å²) >= 11 is 5.38. The van der Waals surface area contributed by atoms with Gasteiger partial charge in [0.05, 0.1) is 19.1 Å². The van der Waals surface area contributed by atoms with Crippen LogP contribution in [0, 0.1) is 18.5 Å². The van der Waals surface area contributed by atoms with Gasteiger partial charge in [0.1, 0.15) is 10.4 Å². The quantitative estimate of drug-likeness (QED) is 0.842. The maximum Gasteiger partial charge on any atom is 0.133 e. The van der Waals surface area contributed by atoms with Crippen molar-refractivity contribution in [2.75, 3.05) is 7.11 Å². The number of hydrogen-bond donors (Lipinski definition) is 1. The molecule has 1 N–H and O–H groups in total. The Balaban J connectivity index is 2.72. The van der Waals surface area contributed by atoms with Crippen molar-refractivity contribution < 1.29 is 4.74 Å². The predicted octanol–water partition coefficient (Wildman–Crippen LogP) is 4.56. The third-order valence-corrected chi connectivity index (χ3v) is 3.80. The Morgan fingerprint density at radius 2 is 1.90 bits per heavy atom. The van der Waals surface area contributed by atoms with Gasteiger partial charge in [-0.05, 0) is 43.0 Å². The van der Waals surface area contributed by atoms with Crippen LogP contribution < -0.4 is 4.74 Å². The number of hydrogen-bond acceptors (Lipinski definition) is 3. The molecule has 0 saturated heterocycles. The topological polar surface area (TPSA) is 37.9 Å². The summed E-state index contributed by atoms with van der Waals surface area (Å²) in [5, 5.41) is 0. The van der Waals surface area contributed by atoms with Gasteiger partial charge < -0.3 is 9.72 Å². The molecule has 0 unspecified atom stereocenters. The van der Waals surface area contributed by atoms with Gasteiger partial charge in [0.2, 0.25) is 0 Å². The molecule has 1 aromatic heterocycles. The van der Waals surface area contributed by atoms with Gasteiger partial charge in [-0.3, -0.25) is 0 Å². The van der Waals surface area contributed by atoms with Crippen LogP contribution in [0.2, 0.25) is 0 Å². The summed E-state index contributed by atoms with van der Waals surface area (Å²) in [5.74, 6) is 1.23. The second-order valence-electron chi connectivity index (χ2n) is 5.29. The number of benzene rings is 1. The molecule has 1 aromatic carbocycles. The number of nitrogens with one attached hydrogen (secondary N) is 1. The molecule has 20 heavy (non-hydrogen) atoms. The van der Waals surface area contributed by atoms with E-state index in [-0.39, 0.29) is 0 Å². The standard InChI is InChI=1S/C16H20N2OS/c1-9(2)14-15(17-8-18-16(14)20)12-6-11(4)13(19-5)7-10(12)3/h6-9H,1-5H3,(H,17,18,20). The van der Waals surface area contributed by atoms with E-state index in [0.717, 1.165) is 33.7 Å². The first kappa shape index (κ1) is 14.7. The molecule has 2 rings (SSSR count). The molecule has 0 bridgehead atoms. The SMILES string of the molecule is COc1cc(C)c(-c2[nH]cnc(=S)c2C(C)C)cc1C. The van der Waals surface area contributed by atoms with Crippen LogP contribution in [0.4, 0.5) is 0 Å². The van der Waals surface area contributed by atoms with Crippen LogP contribution in [0.3, 0.4) is 0 Å². The lowest BCUT2D eigenvalue weighted by Crippen LogP contribution is -2.01. The summed E-state index contributed by atoms with van der Waals surface area (Å²) in [6.45, 7) is 8.40. The smallest absolute Gasteiger partial charge is 0.133 e. The lowest BCUT2D eigenvalue weighted by molar-refractivity contribution is 0.411. The highest BCUT2D eigenvalue weighted by Crippen LogP contribution is 2.33. The van der Waals surface area contributed by atoms with Gasteiger partial charge in [0, 0.05) is 11.1 Å². The second kappa shape index (κ2) is 5.75. The molecule has 106 valence electrons. The third kappa shape index (κ3) is 2.61. The van der Waals surface area contributed by atoms with E-state index >= 15 is 0 Å². The average Bonchev–Trinajstić information content (AvgIpc) is 2.40. The van der Waals surface area contributed by atoms with E-state index in [1.54, 1.807) is 13.4 Å². The molecule has 0 atom stereocenters. The number of aromatic amines is 1. The van der Waals surface area contributed by atoms with Crippen molar-refractivity contribution in [1.29, 1.82) is 0 Å². The zero-order valence-corrected chi connectivity index (χ0v) is 13.4. The van der Waals surface area contributed by atoms with E-state index in [1.807, 2.05) is 6.92 Å².